The summed E-state index contributed by atoms with van der Waals surface area (Å²) in [6, 6.07) is 20.7. The highest BCUT2D eigenvalue weighted by Crippen LogP contribution is 2.53. The number of para-hydroxylation sites is 1. The second-order valence-corrected chi connectivity index (χ2v) is 8.65. The highest BCUT2D eigenvalue weighted by atomic mass is 16.3. The zero-order chi connectivity index (χ0) is 21.5. The average Bonchev–Trinajstić information content (AvgIpc) is 2.93. The topological polar surface area (TPSA) is 26.7 Å². The van der Waals surface area contributed by atoms with Crippen molar-refractivity contribution in [3.8, 4) is 5.75 Å². The summed E-state index contributed by atoms with van der Waals surface area (Å²) in [6.45, 7) is 11.0. The van der Waals surface area contributed by atoms with Crippen LogP contribution in [-0.4, -0.2) is 35.8 Å². The van der Waals surface area contributed by atoms with Gasteiger partial charge in [0.15, 0.2) is 0 Å². The van der Waals surface area contributed by atoms with Crippen molar-refractivity contribution in [2.24, 2.45) is 0 Å². The van der Waals surface area contributed by atoms with Crippen LogP contribution in [0.25, 0.3) is 16.8 Å². The molecule has 0 bridgehead atoms. The Kier molecular flexibility index (Phi) is 5.11. The maximum Gasteiger partial charge on any atom is 0.123 e. The molecular weight excluding hydrogens is 368 g/mol. The first-order chi connectivity index (χ1) is 14.4. The number of benzene rings is 3. The van der Waals surface area contributed by atoms with Crippen molar-refractivity contribution >= 4 is 22.5 Å². The van der Waals surface area contributed by atoms with Crippen LogP contribution in [0, 0.1) is 0 Å². The highest BCUT2D eigenvalue weighted by molar-refractivity contribution is 5.93. The Morgan fingerprint density at radius 3 is 2.30 bits per heavy atom. The third-order valence-electron chi connectivity index (χ3n) is 7.05. The molecule has 0 saturated carbocycles. The van der Waals surface area contributed by atoms with E-state index in [1.807, 2.05) is 18.2 Å². The molecule has 0 spiro atoms. The smallest absolute Gasteiger partial charge is 0.123 e. The number of phenolic OH excluding ortho intramolecular Hbond substituents is 1. The molecule has 4 rings (SSSR count). The molecule has 3 nitrogen and oxygen atoms in total. The van der Waals surface area contributed by atoms with E-state index in [0.29, 0.717) is 5.75 Å². The van der Waals surface area contributed by atoms with Crippen molar-refractivity contribution in [1.29, 1.82) is 0 Å². The molecule has 0 saturated heterocycles. The van der Waals surface area contributed by atoms with Crippen molar-refractivity contribution in [2.75, 3.05) is 25.0 Å². The van der Waals surface area contributed by atoms with Gasteiger partial charge in [-0.25, -0.2) is 0 Å². The summed E-state index contributed by atoms with van der Waals surface area (Å²) in [4.78, 5) is 4.93. The van der Waals surface area contributed by atoms with E-state index in [1.165, 1.54) is 11.3 Å². The molecule has 3 aromatic carbocycles. The second-order valence-electron chi connectivity index (χ2n) is 8.65. The van der Waals surface area contributed by atoms with E-state index in [0.717, 1.165) is 29.4 Å². The van der Waals surface area contributed by atoms with Crippen LogP contribution in [0.3, 0.4) is 0 Å². The molecule has 1 unspecified atom stereocenters. The van der Waals surface area contributed by atoms with Gasteiger partial charge in [-0.05, 0) is 47.6 Å². The van der Waals surface area contributed by atoms with Gasteiger partial charge in [0.2, 0.25) is 0 Å². The summed E-state index contributed by atoms with van der Waals surface area (Å²) >= 11 is 0. The van der Waals surface area contributed by atoms with Crippen LogP contribution in [0.1, 0.15) is 38.8 Å². The fourth-order valence-electron chi connectivity index (χ4n) is 5.49. The summed E-state index contributed by atoms with van der Waals surface area (Å²) < 4.78 is 0. The fraction of sp³-hybridized carbons (Fsp3) is 0.333. The van der Waals surface area contributed by atoms with Crippen molar-refractivity contribution in [1.82, 2.24) is 4.90 Å². The molecule has 0 aromatic heterocycles. The Balaban J connectivity index is 1.94. The zero-order valence-electron chi connectivity index (χ0n) is 18.7. The lowest BCUT2D eigenvalue weighted by Crippen LogP contribution is -2.64. The largest absolute Gasteiger partial charge is 0.507 e. The van der Waals surface area contributed by atoms with E-state index >= 15 is 0 Å². The molecule has 30 heavy (non-hydrogen) atoms. The van der Waals surface area contributed by atoms with Crippen LogP contribution in [0.15, 0.2) is 66.7 Å². The lowest BCUT2D eigenvalue weighted by atomic mass is 9.74. The number of likely N-dealkylation sites (N-methyl/N-ethyl adjacent to an activating group) is 2. The maximum atomic E-state index is 10.7. The van der Waals surface area contributed by atoms with Gasteiger partial charge in [0.05, 0.1) is 0 Å². The molecule has 0 aliphatic carbocycles. The van der Waals surface area contributed by atoms with Gasteiger partial charge in [-0.1, -0.05) is 82.3 Å². The standard InChI is InChI=1S/C27H32N2O/c1-6-29(7-2)27(26(3,4)23-14-10-11-15-24(23)28(27)5)19-18-22-21-13-9-8-12-20(21)16-17-25(22)30/h8-19,30H,6-7H2,1-5H3/b19-18+. The minimum absolute atomic E-state index is 0.138. The summed E-state index contributed by atoms with van der Waals surface area (Å²) in [6.07, 6.45) is 4.43. The number of hydrogen-bond acceptors (Lipinski definition) is 3. The molecule has 3 aromatic rings. The van der Waals surface area contributed by atoms with Crippen molar-refractivity contribution < 1.29 is 5.11 Å². The monoisotopic (exact) mass is 400 g/mol. The van der Waals surface area contributed by atoms with Gasteiger partial charge >= 0.3 is 0 Å². The summed E-state index contributed by atoms with van der Waals surface area (Å²) in [5.41, 5.74) is 3.01. The van der Waals surface area contributed by atoms with Crippen LogP contribution >= 0.6 is 0 Å². The zero-order valence-corrected chi connectivity index (χ0v) is 18.7. The van der Waals surface area contributed by atoms with Gasteiger partial charge in [0.1, 0.15) is 11.4 Å². The normalized spacial score (nSPS) is 20.4. The van der Waals surface area contributed by atoms with Gasteiger partial charge < -0.3 is 10.0 Å². The van der Waals surface area contributed by atoms with Gasteiger partial charge in [-0.15, -0.1) is 0 Å². The SMILES string of the molecule is CCN(CC)C1(/C=C/c2c(O)ccc3ccccc23)N(C)c2ccccc2C1(C)C. The minimum atomic E-state index is -0.344. The predicted molar refractivity (Wildman–Crippen MR) is 128 cm³/mol. The van der Waals surface area contributed by atoms with Crippen LogP contribution in [0.2, 0.25) is 0 Å². The minimum Gasteiger partial charge on any atom is -0.507 e. The van der Waals surface area contributed by atoms with E-state index in [4.69, 9.17) is 0 Å². The number of nitrogens with zero attached hydrogens (tertiary/aromatic N) is 2. The van der Waals surface area contributed by atoms with Crippen molar-refractivity contribution in [2.45, 2.75) is 38.8 Å². The first-order valence-corrected chi connectivity index (χ1v) is 10.9. The van der Waals surface area contributed by atoms with E-state index in [9.17, 15) is 5.11 Å². The number of anilines is 1. The first kappa shape index (κ1) is 20.5. The first-order valence-electron chi connectivity index (χ1n) is 10.9. The molecule has 0 fully saturated rings. The lowest BCUT2D eigenvalue weighted by molar-refractivity contribution is 0.0883. The number of phenols is 1. The van der Waals surface area contributed by atoms with E-state index in [-0.39, 0.29) is 11.1 Å². The Labute approximate surface area is 180 Å². The molecule has 0 amide bonds. The van der Waals surface area contributed by atoms with Gasteiger partial charge in [0, 0.05) is 23.7 Å². The summed E-state index contributed by atoms with van der Waals surface area (Å²) in [5, 5.41) is 12.9. The third-order valence-corrected chi connectivity index (χ3v) is 7.05. The Bertz CT molecular complexity index is 1100. The van der Waals surface area contributed by atoms with Crippen LogP contribution < -0.4 is 4.90 Å². The maximum absolute atomic E-state index is 10.7. The highest BCUT2D eigenvalue weighted by Gasteiger charge is 2.56. The van der Waals surface area contributed by atoms with E-state index in [1.54, 1.807) is 6.07 Å². The van der Waals surface area contributed by atoms with E-state index in [2.05, 4.69) is 93.1 Å². The Morgan fingerprint density at radius 1 is 0.933 bits per heavy atom. The Hall–Kier alpha value is -2.78. The number of fused-ring (bicyclic) bond motifs is 2. The van der Waals surface area contributed by atoms with Crippen LogP contribution in [0.4, 0.5) is 5.69 Å². The quantitative estimate of drug-likeness (QED) is 0.567. The average molecular weight is 401 g/mol. The fourth-order valence-corrected chi connectivity index (χ4v) is 5.49. The second kappa shape index (κ2) is 7.48. The van der Waals surface area contributed by atoms with Gasteiger partial charge in [-0.3, -0.25) is 4.90 Å². The molecular formula is C27H32N2O. The van der Waals surface area contributed by atoms with Crippen LogP contribution in [-0.2, 0) is 5.41 Å². The molecule has 1 aliphatic heterocycles. The van der Waals surface area contributed by atoms with Crippen molar-refractivity contribution in [3.05, 3.63) is 77.9 Å². The van der Waals surface area contributed by atoms with Crippen LogP contribution in [0.5, 0.6) is 5.75 Å². The summed E-state index contributed by atoms with van der Waals surface area (Å²) in [5.74, 6) is 0.315. The predicted octanol–water partition coefficient (Wildman–Crippen LogP) is 6.02. The lowest BCUT2D eigenvalue weighted by Gasteiger charge is -2.51. The molecule has 1 aliphatic rings. The third kappa shape index (κ3) is 2.76. The molecule has 1 N–H and O–H groups in total. The Morgan fingerprint density at radius 2 is 1.60 bits per heavy atom. The molecule has 0 radical (unpaired) electrons. The molecule has 156 valence electrons. The molecule has 1 heterocycles. The molecule has 1 atom stereocenters. The number of rotatable bonds is 5. The number of aromatic hydroxyl groups is 1. The summed E-state index contributed by atoms with van der Waals surface area (Å²) in [7, 11) is 2.19. The molecule has 3 heteroatoms. The van der Waals surface area contributed by atoms with Gasteiger partial charge in [-0.2, -0.15) is 0 Å². The van der Waals surface area contributed by atoms with Crippen molar-refractivity contribution in [3.63, 3.8) is 0 Å². The van der Waals surface area contributed by atoms with E-state index < -0.39 is 0 Å². The number of hydrogen-bond donors (Lipinski definition) is 1. The van der Waals surface area contributed by atoms with Gasteiger partial charge in [0.25, 0.3) is 0 Å².